The number of benzene rings is 2. The first-order valence-electron chi connectivity index (χ1n) is 10.1. The number of halogens is 1. The van der Waals surface area contributed by atoms with Crippen LogP contribution in [-0.4, -0.2) is 21.8 Å². The first-order chi connectivity index (χ1) is 14.6. The minimum absolute atomic E-state index is 0.0669. The van der Waals surface area contributed by atoms with Crippen molar-refractivity contribution in [2.75, 3.05) is 6.54 Å². The van der Waals surface area contributed by atoms with Gasteiger partial charge in [0, 0.05) is 31.3 Å². The first-order valence-corrected chi connectivity index (χ1v) is 10.1. The lowest BCUT2D eigenvalue weighted by molar-refractivity contribution is -0.121. The molecule has 1 atom stereocenters. The van der Waals surface area contributed by atoms with E-state index in [9.17, 15) is 9.18 Å². The Morgan fingerprint density at radius 2 is 1.93 bits per heavy atom. The van der Waals surface area contributed by atoms with Crippen LogP contribution in [0.25, 0.3) is 5.65 Å². The number of hydrogen-bond donors (Lipinski definition) is 1. The Morgan fingerprint density at radius 3 is 2.73 bits per heavy atom. The van der Waals surface area contributed by atoms with Crippen LogP contribution in [0.4, 0.5) is 4.39 Å². The highest BCUT2D eigenvalue weighted by Gasteiger charge is 2.22. The van der Waals surface area contributed by atoms with Crippen LogP contribution in [0.5, 0.6) is 0 Å². The van der Waals surface area contributed by atoms with Crippen molar-refractivity contribution >= 4 is 11.6 Å². The highest BCUT2D eigenvalue weighted by molar-refractivity contribution is 5.77. The summed E-state index contributed by atoms with van der Waals surface area (Å²) >= 11 is 0. The van der Waals surface area contributed by atoms with E-state index in [1.165, 1.54) is 17.7 Å². The third-order valence-corrected chi connectivity index (χ3v) is 5.34. The predicted octanol–water partition coefficient (Wildman–Crippen LogP) is 4.66. The molecule has 4 rings (SSSR count). The van der Waals surface area contributed by atoms with Gasteiger partial charge in [0.1, 0.15) is 11.5 Å². The van der Waals surface area contributed by atoms with E-state index in [0.29, 0.717) is 6.54 Å². The van der Waals surface area contributed by atoms with Crippen molar-refractivity contribution in [3.8, 4) is 0 Å². The lowest BCUT2D eigenvalue weighted by Crippen LogP contribution is -2.27. The minimum Gasteiger partial charge on any atom is -0.356 e. The average molecular weight is 401 g/mol. The van der Waals surface area contributed by atoms with Gasteiger partial charge < -0.3 is 9.72 Å². The number of nitrogens with one attached hydrogen (secondary N) is 1. The van der Waals surface area contributed by atoms with Crippen molar-refractivity contribution in [2.24, 2.45) is 0 Å². The van der Waals surface area contributed by atoms with Crippen molar-refractivity contribution in [2.45, 2.75) is 25.7 Å². The maximum Gasteiger partial charge on any atom is 0.221 e. The smallest absolute Gasteiger partial charge is 0.221 e. The van der Waals surface area contributed by atoms with Gasteiger partial charge in [0.2, 0.25) is 5.91 Å². The van der Waals surface area contributed by atoms with Crippen molar-refractivity contribution in [1.82, 2.24) is 14.7 Å². The Labute approximate surface area is 175 Å². The van der Waals surface area contributed by atoms with Crippen LogP contribution in [-0.2, 0) is 11.2 Å². The second-order valence-electron chi connectivity index (χ2n) is 7.47. The molecule has 0 radical (unpaired) electrons. The molecule has 2 heterocycles. The monoisotopic (exact) mass is 401 g/mol. The van der Waals surface area contributed by atoms with Gasteiger partial charge in [-0.2, -0.15) is 0 Å². The standard InChI is InChI=1S/C25H24FN3O/c1-18-7-6-14-29-23(17-28-25(18)29)22(20-10-5-11-21(26)15-20)16-24(30)27-13-12-19-8-3-2-4-9-19/h2-11,14-15,17,22H,12-13,16H2,1H3,(H,27,30)/t22-/m1/s1. The van der Waals surface area contributed by atoms with E-state index >= 15 is 0 Å². The van der Waals surface area contributed by atoms with E-state index in [-0.39, 0.29) is 24.1 Å². The van der Waals surface area contributed by atoms with Gasteiger partial charge in [0.25, 0.3) is 0 Å². The van der Waals surface area contributed by atoms with Crippen molar-refractivity contribution in [3.05, 3.63) is 107 Å². The third kappa shape index (κ3) is 4.40. The number of rotatable bonds is 7. The molecule has 0 fully saturated rings. The van der Waals surface area contributed by atoms with Crippen LogP contribution >= 0.6 is 0 Å². The zero-order valence-electron chi connectivity index (χ0n) is 16.9. The number of pyridine rings is 1. The molecule has 0 aliphatic heterocycles. The molecule has 30 heavy (non-hydrogen) atoms. The number of fused-ring (bicyclic) bond motifs is 1. The number of carbonyl (C=O) groups excluding carboxylic acids is 1. The first kappa shape index (κ1) is 19.8. The average Bonchev–Trinajstić information content (AvgIpc) is 3.18. The molecule has 1 amide bonds. The number of aromatic nitrogens is 2. The predicted molar refractivity (Wildman–Crippen MR) is 116 cm³/mol. The summed E-state index contributed by atoms with van der Waals surface area (Å²) in [4.78, 5) is 17.3. The number of carbonyl (C=O) groups is 1. The normalized spacial score (nSPS) is 12.1. The fraction of sp³-hybridized carbons (Fsp3) is 0.200. The Kier molecular flexibility index (Phi) is 5.89. The van der Waals surface area contributed by atoms with Crippen LogP contribution in [0.2, 0.25) is 0 Å². The summed E-state index contributed by atoms with van der Waals surface area (Å²) in [6.07, 6.45) is 4.71. The lowest BCUT2D eigenvalue weighted by atomic mass is 9.92. The summed E-state index contributed by atoms with van der Waals surface area (Å²) < 4.78 is 15.9. The van der Waals surface area contributed by atoms with Gasteiger partial charge in [-0.1, -0.05) is 48.5 Å². The van der Waals surface area contributed by atoms with Crippen molar-refractivity contribution in [1.29, 1.82) is 0 Å². The van der Waals surface area contributed by atoms with Crippen LogP contribution in [0.15, 0.2) is 79.1 Å². The van der Waals surface area contributed by atoms with E-state index in [4.69, 9.17) is 0 Å². The van der Waals surface area contributed by atoms with E-state index < -0.39 is 0 Å². The fourth-order valence-corrected chi connectivity index (χ4v) is 3.79. The van der Waals surface area contributed by atoms with E-state index in [0.717, 1.165) is 28.9 Å². The van der Waals surface area contributed by atoms with Crippen LogP contribution in [0, 0.1) is 12.7 Å². The zero-order valence-corrected chi connectivity index (χ0v) is 16.9. The molecular formula is C25H24FN3O. The van der Waals surface area contributed by atoms with Crippen LogP contribution < -0.4 is 5.32 Å². The Morgan fingerprint density at radius 1 is 1.10 bits per heavy atom. The van der Waals surface area contributed by atoms with E-state index in [2.05, 4.69) is 10.3 Å². The second-order valence-corrected chi connectivity index (χ2v) is 7.47. The summed E-state index contributed by atoms with van der Waals surface area (Å²) in [5, 5.41) is 3.01. The van der Waals surface area contributed by atoms with Gasteiger partial charge in [-0.25, -0.2) is 9.37 Å². The van der Waals surface area contributed by atoms with E-state index in [1.54, 1.807) is 12.3 Å². The number of hydrogen-bond acceptors (Lipinski definition) is 2. The Balaban J connectivity index is 1.56. The molecule has 1 N–H and O–H groups in total. The molecule has 0 spiro atoms. The van der Waals surface area contributed by atoms with Crippen molar-refractivity contribution in [3.63, 3.8) is 0 Å². The maximum atomic E-state index is 14.0. The quantitative estimate of drug-likeness (QED) is 0.489. The SMILES string of the molecule is Cc1cccn2c([C@H](CC(=O)NCCc3ccccc3)c3cccc(F)c3)cnc12. The molecule has 0 unspecified atom stereocenters. The van der Waals surface area contributed by atoms with Crippen LogP contribution in [0.3, 0.4) is 0 Å². The van der Waals surface area contributed by atoms with Gasteiger partial charge in [-0.05, 0) is 48.2 Å². The van der Waals surface area contributed by atoms with Gasteiger partial charge in [-0.3, -0.25) is 4.79 Å². The molecule has 2 aromatic carbocycles. The van der Waals surface area contributed by atoms with Gasteiger partial charge in [0.05, 0.1) is 5.69 Å². The fourth-order valence-electron chi connectivity index (χ4n) is 3.79. The second kappa shape index (κ2) is 8.91. The molecule has 0 aliphatic rings. The van der Waals surface area contributed by atoms with Gasteiger partial charge in [-0.15, -0.1) is 0 Å². The molecule has 2 aromatic heterocycles. The molecule has 0 aliphatic carbocycles. The molecule has 4 nitrogen and oxygen atoms in total. The summed E-state index contributed by atoms with van der Waals surface area (Å²) in [6.45, 7) is 2.56. The highest BCUT2D eigenvalue weighted by Crippen LogP contribution is 2.29. The molecule has 152 valence electrons. The summed E-state index contributed by atoms with van der Waals surface area (Å²) in [5.74, 6) is -0.677. The topological polar surface area (TPSA) is 46.4 Å². The Bertz CT molecular complexity index is 1150. The van der Waals surface area contributed by atoms with E-state index in [1.807, 2.05) is 66.1 Å². The largest absolute Gasteiger partial charge is 0.356 e. The van der Waals surface area contributed by atoms with Crippen molar-refractivity contribution < 1.29 is 9.18 Å². The number of nitrogens with zero attached hydrogens (tertiary/aromatic N) is 2. The molecule has 0 bridgehead atoms. The highest BCUT2D eigenvalue weighted by atomic mass is 19.1. The van der Waals surface area contributed by atoms with Gasteiger partial charge in [0.15, 0.2) is 0 Å². The lowest BCUT2D eigenvalue weighted by Gasteiger charge is -2.18. The molecular weight excluding hydrogens is 377 g/mol. The number of imidazole rings is 1. The number of amides is 1. The summed E-state index contributed by atoms with van der Waals surface area (Å²) in [6, 6.07) is 20.5. The molecule has 4 aromatic rings. The van der Waals surface area contributed by atoms with Gasteiger partial charge >= 0.3 is 0 Å². The molecule has 0 saturated carbocycles. The molecule has 0 saturated heterocycles. The summed E-state index contributed by atoms with van der Waals surface area (Å²) in [7, 11) is 0. The maximum absolute atomic E-state index is 14.0. The third-order valence-electron chi connectivity index (χ3n) is 5.34. The Hall–Kier alpha value is -3.47. The number of aryl methyl sites for hydroxylation is 1. The molecule has 5 heteroatoms. The minimum atomic E-state index is -0.313. The van der Waals surface area contributed by atoms with Crippen LogP contribution in [0.1, 0.15) is 34.7 Å². The summed E-state index contributed by atoms with van der Waals surface area (Å²) in [5.41, 5.74) is 4.71. The zero-order chi connectivity index (χ0) is 20.9.